The molecule has 0 saturated heterocycles. The molecule has 5 rings (SSSR count). The van der Waals surface area contributed by atoms with Gasteiger partial charge in [-0.05, 0) is 35.9 Å². The van der Waals surface area contributed by atoms with Crippen LogP contribution in [0.25, 0.3) is 5.69 Å². The van der Waals surface area contributed by atoms with E-state index in [0.29, 0.717) is 11.3 Å². The van der Waals surface area contributed by atoms with Gasteiger partial charge in [0, 0.05) is 18.7 Å². The van der Waals surface area contributed by atoms with E-state index in [-0.39, 0.29) is 33.8 Å². The summed E-state index contributed by atoms with van der Waals surface area (Å²) >= 11 is 12.6. The molecule has 34 heavy (non-hydrogen) atoms. The van der Waals surface area contributed by atoms with Gasteiger partial charge in [0.25, 0.3) is 5.56 Å². The van der Waals surface area contributed by atoms with Crippen molar-refractivity contribution in [3.8, 4) is 23.3 Å². The van der Waals surface area contributed by atoms with Crippen LogP contribution < -0.4 is 21.3 Å². The number of fused-ring (bicyclic) bond motifs is 2. The van der Waals surface area contributed by atoms with Crippen LogP contribution in [0.5, 0.6) is 11.5 Å². The number of aromatic amines is 1. The number of hydrogen-bond donors (Lipinski definition) is 2. The first kappa shape index (κ1) is 22.1. The molecule has 9 nitrogen and oxygen atoms in total. The summed E-state index contributed by atoms with van der Waals surface area (Å²) in [5.74, 6) is -4.30. The number of H-pyrrole nitrogens is 1. The summed E-state index contributed by atoms with van der Waals surface area (Å²) in [6.07, 6.45) is -0.593. The molecule has 2 heterocycles. The third-order valence-corrected chi connectivity index (χ3v) is 6.32. The minimum absolute atomic E-state index is 0.00437. The second kappa shape index (κ2) is 7.38. The van der Waals surface area contributed by atoms with Crippen LogP contribution in [0.3, 0.4) is 0 Å². The summed E-state index contributed by atoms with van der Waals surface area (Å²) in [6.45, 7) is 0.0715. The van der Waals surface area contributed by atoms with Gasteiger partial charge in [-0.2, -0.15) is 18.7 Å². The number of carbonyl (C=O) groups excluding carboxylic acids is 1. The third-order valence-electron chi connectivity index (χ3n) is 5.76. The number of hydrogen-bond acceptors (Lipinski definition) is 7. The van der Waals surface area contributed by atoms with Gasteiger partial charge in [0.1, 0.15) is 11.8 Å². The fourth-order valence-corrected chi connectivity index (χ4v) is 4.71. The molecule has 1 aliphatic carbocycles. The molecule has 1 atom stereocenters. The molecule has 0 bridgehead atoms. The van der Waals surface area contributed by atoms with E-state index < -0.39 is 40.5 Å². The standard InChI is InChI=1S/C21H11Cl2F2N5O4/c22-12-3-9(30-19(33)28-17(31)15(6-26)29-30)4-13(23)16(12)34-10-1-2-14-11(5-10)20(8-27-14)7-21(24,25)18(20)32/h1-5,27H,7-8H2,(H,28,31,33). The summed E-state index contributed by atoms with van der Waals surface area (Å²) in [5.41, 5.74) is -2.69. The highest BCUT2D eigenvalue weighted by Crippen LogP contribution is 2.55. The maximum absolute atomic E-state index is 13.6. The van der Waals surface area contributed by atoms with E-state index in [2.05, 4.69) is 10.4 Å². The Morgan fingerprint density at radius 2 is 1.85 bits per heavy atom. The van der Waals surface area contributed by atoms with Gasteiger partial charge in [0.05, 0.1) is 21.1 Å². The van der Waals surface area contributed by atoms with E-state index >= 15 is 0 Å². The molecular weight excluding hydrogens is 495 g/mol. The zero-order chi connectivity index (χ0) is 24.4. The van der Waals surface area contributed by atoms with Gasteiger partial charge in [-0.1, -0.05) is 23.2 Å². The van der Waals surface area contributed by atoms with Gasteiger partial charge in [-0.3, -0.25) is 14.6 Å². The number of rotatable bonds is 3. The molecule has 1 unspecified atom stereocenters. The second-order valence-corrected chi connectivity index (χ2v) is 8.64. The van der Waals surface area contributed by atoms with Crippen molar-refractivity contribution in [3.63, 3.8) is 0 Å². The molecule has 0 amide bonds. The van der Waals surface area contributed by atoms with Crippen molar-refractivity contribution in [2.75, 3.05) is 11.9 Å². The Kier molecular flexibility index (Phi) is 4.79. The first-order valence-electron chi connectivity index (χ1n) is 9.68. The molecule has 2 aliphatic rings. The maximum Gasteiger partial charge on any atom is 0.349 e. The van der Waals surface area contributed by atoms with E-state index in [1.54, 1.807) is 18.2 Å². The molecule has 1 spiro atoms. The second-order valence-electron chi connectivity index (χ2n) is 7.83. The molecule has 3 aromatic rings. The Hall–Kier alpha value is -3.75. The minimum Gasteiger partial charge on any atom is -0.454 e. The molecular formula is C21H11Cl2F2N5O4. The van der Waals surface area contributed by atoms with Crippen LogP contribution in [-0.2, 0) is 10.2 Å². The predicted octanol–water partition coefficient (Wildman–Crippen LogP) is 3.16. The summed E-state index contributed by atoms with van der Waals surface area (Å²) in [5, 5.41) is 15.6. The van der Waals surface area contributed by atoms with Gasteiger partial charge in [-0.25, -0.2) is 4.79 Å². The molecule has 1 saturated carbocycles. The van der Waals surface area contributed by atoms with E-state index in [4.69, 9.17) is 33.2 Å². The lowest BCUT2D eigenvalue weighted by molar-refractivity contribution is -0.172. The fraction of sp³-hybridized carbons (Fsp3) is 0.190. The lowest BCUT2D eigenvalue weighted by Crippen LogP contribution is -2.61. The Labute approximate surface area is 198 Å². The zero-order valence-electron chi connectivity index (χ0n) is 16.8. The van der Waals surface area contributed by atoms with Crippen molar-refractivity contribution in [2.24, 2.45) is 0 Å². The van der Waals surface area contributed by atoms with Crippen LogP contribution in [-0.4, -0.2) is 33.0 Å². The molecule has 0 radical (unpaired) electrons. The Balaban J connectivity index is 1.50. The number of Topliss-reactive ketones (excluding diaryl/α,β-unsaturated/α-hetero) is 1. The first-order valence-corrected chi connectivity index (χ1v) is 10.4. The minimum atomic E-state index is -3.36. The van der Waals surface area contributed by atoms with E-state index in [1.165, 1.54) is 18.2 Å². The smallest absolute Gasteiger partial charge is 0.349 e. The van der Waals surface area contributed by atoms with Crippen LogP contribution in [0.2, 0.25) is 10.0 Å². The van der Waals surface area contributed by atoms with Gasteiger partial charge in [0.15, 0.2) is 5.75 Å². The molecule has 1 fully saturated rings. The fourth-order valence-electron chi connectivity index (χ4n) is 4.15. The van der Waals surface area contributed by atoms with Crippen molar-refractivity contribution in [2.45, 2.75) is 17.8 Å². The number of benzene rings is 2. The van der Waals surface area contributed by atoms with Gasteiger partial charge < -0.3 is 10.1 Å². The summed E-state index contributed by atoms with van der Waals surface area (Å²) in [7, 11) is 0. The first-order chi connectivity index (χ1) is 16.1. The monoisotopic (exact) mass is 505 g/mol. The van der Waals surface area contributed by atoms with Crippen molar-refractivity contribution in [3.05, 3.63) is 72.5 Å². The third kappa shape index (κ3) is 3.18. The SMILES string of the molecule is N#Cc1nn(-c2cc(Cl)c(Oc3ccc4c(c3)C3(CN4)CC(F)(F)C3=O)c(Cl)c2)c(=O)[nH]c1=O. The number of aromatic nitrogens is 3. The average molecular weight is 506 g/mol. The van der Waals surface area contributed by atoms with Crippen molar-refractivity contribution in [1.82, 2.24) is 14.8 Å². The molecule has 1 aromatic heterocycles. The number of nitriles is 1. The number of anilines is 1. The zero-order valence-corrected chi connectivity index (χ0v) is 18.3. The lowest BCUT2D eigenvalue weighted by atomic mass is 9.62. The highest BCUT2D eigenvalue weighted by molar-refractivity contribution is 6.37. The van der Waals surface area contributed by atoms with Crippen LogP contribution in [0.15, 0.2) is 39.9 Å². The van der Waals surface area contributed by atoms with Gasteiger partial charge >= 0.3 is 11.6 Å². The summed E-state index contributed by atoms with van der Waals surface area (Å²) in [6, 6.07) is 8.77. The number of halogens is 4. The Bertz CT molecular complexity index is 1540. The van der Waals surface area contributed by atoms with Crippen LogP contribution in [0.4, 0.5) is 14.5 Å². The van der Waals surface area contributed by atoms with Gasteiger partial charge in [-0.15, -0.1) is 5.10 Å². The van der Waals surface area contributed by atoms with Crippen molar-refractivity contribution < 1.29 is 18.3 Å². The Morgan fingerprint density at radius 3 is 2.47 bits per heavy atom. The molecule has 1 aliphatic heterocycles. The quantitative estimate of drug-likeness (QED) is 0.558. The van der Waals surface area contributed by atoms with Crippen LogP contribution in [0, 0.1) is 11.3 Å². The Morgan fingerprint density at radius 1 is 1.15 bits per heavy atom. The molecule has 2 aromatic carbocycles. The van der Waals surface area contributed by atoms with Crippen molar-refractivity contribution >= 4 is 34.7 Å². The average Bonchev–Trinajstić information content (AvgIpc) is 3.15. The maximum atomic E-state index is 13.6. The predicted molar refractivity (Wildman–Crippen MR) is 116 cm³/mol. The number of carbonyl (C=O) groups is 1. The molecule has 172 valence electrons. The highest BCUT2D eigenvalue weighted by Gasteiger charge is 2.68. The largest absolute Gasteiger partial charge is 0.454 e. The lowest BCUT2D eigenvalue weighted by Gasteiger charge is -2.42. The van der Waals surface area contributed by atoms with Crippen LogP contribution >= 0.6 is 23.2 Å². The topological polar surface area (TPSA) is 130 Å². The van der Waals surface area contributed by atoms with Crippen LogP contribution in [0.1, 0.15) is 17.7 Å². The molecule has 13 heteroatoms. The van der Waals surface area contributed by atoms with E-state index in [0.717, 1.165) is 4.68 Å². The number of ketones is 1. The van der Waals surface area contributed by atoms with Crippen molar-refractivity contribution in [1.29, 1.82) is 5.26 Å². The number of nitrogens with one attached hydrogen (secondary N) is 2. The highest BCUT2D eigenvalue weighted by atomic mass is 35.5. The summed E-state index contributed by atoms with van der Waals surface area (Å²) < 4.78 is 33.8. The number of alkyl halides is 2. The molecule has 2 N–H and O–H groups in total. The van der Waals surface area contributed by atoms with E-state index in [9.17, 15) is 23.2 Å². The van der Waals surface area contributed by atoms with E-state index in [1.807, 2.05) is 4.98 Å². The summed E-state index contributed by atoms with van der Waals surface area (Å²) in [4.78, 5) is 37.8. The normalized spacial score (nSPS) is 19.8. The van der Waals surface area contributed by atoms with Gasteiger partial charge in [0.2, 0.25) is 11.5 Å². The number of nitrogens with zero attached hydrogens (tertiary/aromatic N) is 3. The number of ether oxygens (including phenoxy) is 1.